The summed E-state index contributed by atoms with van der Waals surface area (Å²) < 4.78 is 20.5. The summed E-state index contributed by atoms with van der Waals surface area (Å²) in [6, 6.07) is 17.4. The minimum absolute atomic E-state index is 0.0426. The highest BCUT2D eigenvalue weighted by Crippen LogP contribution is 2.29. The van der Waals surface area contributed by atoms with Crippen molar-refractivity contribution < 1.29 is 23.5 Å². The maximum atomic E-state index is 14.0. The Morgan fingerprint density at radius 2 is 1.76 bits per heavy atom. The quantitative estimate of drug-likeness (QED) is 0.347. The van der Waals surface area contributed by atoms with Gasteiger partial charge in [-0.3, -0.25) is 14.9 Å². The van der Waals surface area contributed by atoms with Crippen LogP contribution < -0.4 is 15.0 Å². The van der Waals surface area contributed by atoms with Crippen LogP contribution in [0.1, 0.15) is 23.6 Å². The average Bonchev–Trinajstić information content (AvgIpc) is 2.82. The molecule has 4 rings (SSSR count). The van der Waals surface area contributed by atoms with Crippen LogP contribution in [0, 0.1) is 5.82 Å². The number of anilines is 1. The Balaban J connectivity index is 1.67. The summed E-state index contributed by atoms with van der Waals surface area (Å²) >= 11 is 3.38. The molecule has 172 valence electrons. The molecule has 0 saturated carbocycles. The first kappa shape index (κ1) is 23.4. The molecule has 0 aromatic heterocycles. The van der Waals surface area contributed by atoms with E-state index in [2.05, 4.69) is 21.2 Å². The number of aryl methyl sites for hydroxylation is 1. The van der Waals surface area contributed by atoms with Crippen LogP contribution in [0.2, 0.25) is 0 Å². The summed E-state index contributed by atoms with van der Waals surface area (Å²) in [7, 11) is 0. The molecule has 1 heterocycles. The summed E-state index contributed by atoms with van der Waals surface area (Å²) in [5.41, 5.74) is 1.95. The normalized spacial score (nSPS) is 15.0. The van der Waals surface area contributed by atoms with Gasteiger partial charge in [-0.15, -0.1) is 0 Å². The van der Waals surface area contributed by atoms with Gasteiger partial charge in [0.1, 0.15) is 23.7 Å². The second-order valence-corrected chi connectivity index (χ2v) is 8.46. The van der Waals surface area contributed by atoms with Gasteiger partial charge in [-0.25, -0.2) is 14.1 Å². The Kier molecular flexibility index (Phi) is 6.88. The van der Waals surface area contributed by atoms with Crippen molar-refractivity contribution >= 4 is 45.5 Å². The molecule has 1 saturated heterocycles. The predicted octanol–water partition coefficient (Wildman–Crippen LogP) is 5.40. The van der Waals surface area contributed by atoms with Crippen LogP contribution in [0.15, 0.2) is 76.8 Å². The molecule has 3 aromatic carbocycles. The van der Waals surface area contributed by atoms with E-state index in [0.29, 0.717) is 27.0 Å². The molecule has 6 nitrogen and oxygen atoms in total. The van der Waals surface area contributed by atoms with Crippen molar-refractivity contribution in [2.24, 2.45) is 0 Å². The van der Waals surface area contributed by atoms with E-state index in [9.17, 15) is 18.8 Å². The number of hydrogen-bond acceptors (Lipinski definition) is 4. The topological polar surface area (TPSA) is 75.7 Å². The lowest BCUT2D eigenvalue weighted by Gasteiger charge is -2.26. The van der Waals surface area contributed by atoms with Crippen molar-refractivity contribution in [1.29, 1.82) is 0 Å². The third-order valence-corrected chi connectivity index (χ3v) is 5.81. The number of carbonyl (C=O) groups excluding carboxylic acids is 3. The number of rotatable bonds is 6. The average molecular weight is 523 g/mol. The van der Waals surface area contributed by atoms with Gasteiger partial charge >= 0.3 is 6.03 Å². The highest BCUT2D eigenvalue weighted by atomic mass is 79.9. The molecule has 8 heteroatoms. The van der Waals surface area contributed by atoms with Crippen LogP contribution in [0.25, 0.3) is 6.08 Å². The number of ether oxygens (including phenoxy) is 1. The van der Waals surface area contributed by atoms with Crippen LogP contribution in [0.3, 0.4) is 0 Å². The number of nitrogens with zero attached hydrogens (tertiary/aromatic N) is 1. The number of hydrogen-bond donors (Lipinski definition) is 1. The van der Waals surface area contributed by atoms with Crippen LogP contribution in [-0.2, 0) is 22.6 Å². The molecule has 0 unspecified atom stereocenters. The van der Waals surface area contributed by atoms with Crippen molar-refractivity contribution in [3.8, 4) is 5.75 Å². The molecule has 1 aliphatic heterocycles. The van der Waals surface area contributed by atoms with Gasteiger partial charge in [0.25, 0.3) is 11.8 Å². The maximum absolute atomic E-state index is 14.0. The molecule has 0 atom stereocenters. The lowest BCUT2D eigenvalue weighted by atomic mass is 10.1. The van der Waals surface area contributed by atoms with Crippen molar-refractivity contribution in [3.63, 3.8) is 0 Å². The van der Waals surface area contributed by atoms with E-state index in [1.807, 2.05) is 19.1 Å². The van der Waals surface area contributed by atoms with Crippen LogP contribution in [-0.4, -0.2) is 17.8 Å². The van der Waals surface area contributed by atoms with E-state index in [0.717, 1.165) is 16.9 Å². The highest BCUT2D eigenvalue weighted by molar-refractivity contribution is 9.10. The Hall–Kier alpha value is -3.78. The first-order valence-electron chi connectivity index (χ1n) is 10.5. The number of nitrogens with one attached hydrogen (secondary N) is 1. The van der Waals surface area contributed by atoms with Crippen molar-refractivity contribution in [3.05, 3.63) is 99.3 Å². The number of carbonyl (C=O) groups is 3. The van der Waals surface area contributed by atoms with E-state index in [-0.39, 0.29) is 12.2 Å². The molecule has 0 aliphatic carbocycles. The van der Waals surface area contributed by atoms with Crippen molar-refractivity contribution in [1.82, 2.24) is 5.32 Å². The van der Waals surface area contributed by atoms with E-state index in [4.69, 9.17) is 4.74 Å². The van der Waals surface area contributed by atoms with E-state index in [1.54, 1.807) is 48.5 Å². The largest absolute Gasteiger partial charge is 0.488 e. The van der Waals surface area contributed by atoms with Gasteiger partial charge < -0.3 is 4.74 Å². The molecule has 1 N–H and O–H groups in total. The number of amides is 4. The molecule has 0 radical (unpaired) electrons. The van der Waals surface area contributed by atoms with Crippen LogP contribution in [0.5, 0.6) is 5.75 Å². The zero-order chi connectivity index (χ0) is 24.2. The molecule has 1 aliphatic rings. The number of imide groups is 2. The van der Waals surface area contributed by atoms with Crippen LogP contribution in [0.4, 0.5) is 14.9 Å². The van der Waals surface area contributed by atoms with Gasteiger partial charge in [0.2, 0.25) is 0 Å². The van der Waals surface area contributed by atoms with Gasteiger partial charge in [0.05, 0.1) is 5.69 Å². The lowest BCUT2D eigenvalue weighted by Crippen LogP contribution is -2.54. The molecule has 3 aromatic rings. The third-order valence-electron chi connectivity index (χ3n) is 5.32. The van der Waals surface area contributed by atoms with Gasteiger partial charge in [-0.1, -0.05) is 53.2 Å². The minimum Gasteiger partial charge on any atom is -0.488 e. The van der Waals surface area contributed by atoms with Crippen molar-refractivity contribution in [2.75, 3.05) is 4.90 Å². The number of halogens is 2. The second-order valence-electron chi connectivity index (χ2n) is 7.54. The molecule has 34 heavy (non-hydrogen) atoms. The van der Waals surface area contributed by atoms with Gasteiger partial charge in [-0.05, 0) is 54.5 Å². The summed E-state index contributed by atoms with van der Waals surface area (Å²) in [5.74, 6) is -1.62. The Morgan fingerprint density at radius 3 is 2.47 bits per heavy atom. The Morgan fingerprint density at radius 1 is 1.03 bits per heavy atom. The van der Waals surface area contributed by atoms with Gasteiger partial charge in [0, 0.05) is 15.6 Å². The fourth-order valence-electron chi connectivity index (χ4n) is 3.46. The minimum atomic E-state index is -0.818. The molecule has 0 bridgehead atoms. The first-order chi connectivity index (χ1) is 16.4. The molecular weight excluding hydrogens is 503 g/mol. The Labute approximate surface area is 204 Å². The highest BCUT2D eigenvalue weighted by Gasteiger charge is 2.37. The summed E-state index contributed by atoms with van der Waals surface area (Å²) in [5, 5.41) is 2.21. The second kappa shape index (κ2) is 10.0. The van der Waals surface area contributed by atoms with E-state index < -0.39 is 23.7 Å². The van der Waals surface area contributed by atoms with E-state index >= 15 is 0 Å². The third kappa shape index (κ3) is 4.92. The molecular formula is C26H20BrFN2O4. The van der Waals surface area contributed by atoms with Crippen LogP contribution >= 0.6 is 15.9 Å². The fraction of sp³-hybridized carbons (Fsp3) is 0.115. The van der Waals surface area contributed by atoms with Crippen molar-refractivity contribution in [2.45, 2.75) is 20.0 Å². The summed E-state index contributed by atoms with van der Waals surface area (Å²) in [6.45, 7) is 1.95. The van der Waals surface area contributed by atoms with E-state index in [1.165, 1.54) is 12.1 Å². The smallest absolute Gasteiger partial charge is 0.335 e. The predicted molar refractivity (Wildman–Crippen MR) is 130 cm³/mol. The standard InChI is InChI=1S/C26H20BrFN2O4/c1-2-16-7-10-20(11-8-16)30-25(32)21(24(31)29-26(30)33)14-18-13-19(27)9-12-23(18)34-15-17-5-3-4-6-22(17)28/h3-14H,2,15H2,1H3,(H,29,31,33)/b21-14-. The molecule has 1 fully saturated rings. The maximum Gasteiger partial charge on any atom is 0.335 e. The Bertz CT molecular complexity index is 1300. The van der Waals surface area contributed by atoms with Gasteiger partial charge in [-0.2, -0.15) is 0 Å². The number of benzene rings is 3. The first-order valence-corrected chi connectivity index (χ1v) is 11.3. The molecule has 0 spiro atoms. The zero-order valence-corrected chi connectivity index (χ0v) is 19.8. The SMILES string of the molecule is CCc1ccc(N2C(=O)NC(=O)/C(=C/c3cc(Br)ccc3OCc3ccccc3F)C2=O)cc1. The fourth-order valence-corrected chi connectivity index (χ4v) is 3.84. The summed E-state index contributed by atoms with van der Waals surface area (Å²) in [4.78, 5) is 39.1. The zero-order valence-electron chi connectivity index (χ0n) is 18.2. The monoisotopic (exact) mass is 522 g/mol. The number of barbiturate groups is 1. The number of urea groups is 1. The molecule has 4 amide bonds. The lowest BCUT2D eigenvalue weighted by molar-refractivity contribution is -0.122. The summed E-state index contributed by atoms with van der Waals surface area (Å²) in [6.07, 6.45) is 2.17. The van der Waals surface area contributed by atoms with Gasteiger partial charge in [0.15, 0.2) is 0 Å².